The third-order valence-corrected chi connectivity index (χ3v) is 5.40. The second kappa shape index (κ2) is 17.5. The van der Waals surface area contributed by atoms with Crippen LogP contribution in [0.5, 0.6) is 0 Å². The zero-order valence-corrected chi connectivity index (χ0v) is 19.8. The van der Waals surface area contributed by atoms with E-state index in [2.05, 4.69) is 34.6 Å². The van der Waals surface area contributed by atoms with Gasteiger partial charge in [0.25, 0.3) is 0 Å². The lowest BCUT2D eigenvalue weighted by Gasteiger charge is -2.34. The Morgan fingerprint density at radius 3 is 1.79 bits per heavy atom. The molecular formula is C24H48O5. The average molecular weight is 417 g/mol. The Hall–Kier alpha value is -0.200. The molecule has 0 aromatic carbocycles. The van der Waals surface area contributed by atoms with Gasteiger partial charge < -0.3 is 23.7 Å². The Balaban J connectivity index is 2.93. The molecule has 29 heavy (non-hydrogen) atoms. The molecule has 1 aliphatic heterocycles. The quantitative estimate of drug-likeness (QED) is 0.291. The first-order chi connectivity index (χ1) is 14.2. The van der Waals surface area contributed by atoms with E-state index in [1.165, 1.54) is 0 Å². The van der Waals surface area contributed by atoms with Crippen molar-refractivity contribution in [1.29, 1.82) is 0 Å². The van der Waals surface area contributed by atoms with Crippen molar-refractivity contribution in [3.8, 4) is 0 Å². The Morgan fingerprint density at radius 2 is 1.21 bits per heavy atom. The first kappa shape index (κ1) is 26.8. The fourth-order valence-electron chi connectivity index (χ4n) is 3.57. The van der Waals surface area contributed by atoms with Crippen molar-refractivity contribution in [2.75, 3.05) is 33.0 Å². The van der Waals surface area contributed by atoms with E-state index in [0.717, 1.165) is 84.2 Å². The second-order valence-electron chi connectivity index (χ2n) is 8.29. The van der Waals surface area contributed by atoms with Gasteiger partial charge in [0, 0.05) is 32.8 Å². The van der Waals surface area contributed by atoms with Gasteiger partial charge in [-0.15, -0.1) is 0 Å². The number of ether oxygens (including phenoxy) is 5. The molecule has 174 valence electrons. The van der Waals surface area contributed by atoms with Crippen molar-refractivity contribution >= 4 is 0 Å². The van der Waals surface area contributed by atoms with E-state index in [-0.39, 0.29) is 30.5 Å². The molecule has 5 heteroatoms. The molecule has 0 aromatic rings. The minimum atomic E-state index is -0.156. The summed E-state index contributed by atoms with van der Waals surface area (Å²) in [6.07, 6.45) is 9.26. The molecule has 5 nitrogen and oxygen atoms in total. The summed E-state index contributed by atoms with van der Waals surface area (Å²) < 4.78 is 31.5. The lowest BCUT2D eigenvalue weighted by molar-refractivity contribution is -0.171. The molecule has 0 bridgehead atoms. The van der Waals surface area contributed by atoms with E-state index in [1.54, 1.807) is 0 Å². The van der Waals surface area contributed by atoms with E-state index >= 15 is 0 Å². The molecule has 0 amide bonds. The Kier molecular flexibility index (Phi) is 16.2. The zero-order chi connectivity index (χ0) is 21.3. The number of hydrogen-bond donors (Lipinski definition) is 0. The monoisotopic (exact) mass is 416 g/mol. The van der Waals surface area contributed by atoms with E-state index < -0.39 is 0 Å². The predicted octanol–water partition coefficient (Wildman–Crippen LogP) is 5.54. The summed E-state index contributed by atoms with van der Waals surface area (Å²) in [6, 6.07) is 0. The van der Waals surface area contributed by atoms with Crippen molar-refractivity contribution in [2.45, 2.75) is 123 Å². The van der Waals surface area contributed by atoms with Crippen LogP contribution in [0.4, 0.5) is 0 Å². The molecule has 0 radical (unpaired) electrons. The molecule has 1 fully saturated rings. The maximum Gasteiger partial charge on any atom is 0.115 e. The minimum Gasteiger partial charge on any atom is -0.379 e. The molecule has 1 aliphatic rings. The highest BCUT2D eigenvalue weighted by Gasteiger charge is 2.42. The van der Waals surface area contributed by atoms with Gasteiger partial charge in [-0.1, -0.05) is 53.4 Å². The van der Waals surface area contributed by atoms with Gasteiger partial charge >= 0.3 is 0 Å². The average Bonchev–Trinajstić information content (AvgIpc) is 2.83. The molecule has 1 heterocycles. The topological polar surface area (TPSA) is 46.2 Å². The van der Waals surface area contributed by atoms with Crippen molar-refractivity contribution in [1.82, 2.24) is 0 Å². The largest absolute Gasteiger partial charge is 0.379 e. The van der Waals surface area contributed by atoms with Crippen LogP contribution in [0.25, 0.3) is 0 Å². The normalized spacial score (nSPS) is 27.8. The van der Waals surface area contributed by atoms with Gasteiger partial charge in [-0.2, -0.15) is 0 Å². The van der Waals surface area contributed by atoms with E-state index in [0.29, 0.717) is 6.61 Å². The summed E-state index contributed by atoms with van der Waals surface area (Å²) in [5.41, 5.74) is 0. The zero-order valence-electron chi connectivity index (χ0n) is 19.8. The summed E-state index contributed by atoms with van der Waals surface area (Å²) in [5.74, 6) is 0. The Labute approximate surface area is 180 Å². The molecule has 0 spiro atoms. The van der Waals surface area contributed by atoms with Gasteiger partial charge in [0.15, 0.2) is 0 Å². The van der Waals surface area contributed by atoms with Gasteiger partial charge in [-0.25, -0.2) is 0 Å². The van der Waals surface area contributed by atoms with Gasteiger partial charge in [-0.3, -0.25) is 0 Å². The highest BCUT2D eigenvalue weighted by atomic mass is 16.6. The molecular weight excluding hydrogens is 368 g/mol. The summed E-state index contributed by atoms with van der Waals surface area (Å²) >= 11 is 0. The molecule has 5 atom stereocenters. The van der Waals surface area contributed by atoms with Crippen LogP contribution in [-0.2, 0) is 23.7 Å². The molecule has 0 saturated carbocycles. The van der Waals surface area contributed by atoms with Crippen molar-refractivity contribution in [3.63, 3.8) is 0 Å². The fraction of sp³-hybridized carbons (Fsp3) is 1.00. The first-order valence-electron chi connectivity index (χ1n) is 12.3. The highest BCUT2D eigenvalue weighted by Crippen LogP contribution is 2.28. The summed E-state index contributed by atoms with van der Waals surface area (Å²) in [5, 5.41) is 0. The van der Waals surface area contributed by atoms with Gasteiger partial charge in [-0.05, 0) is 32.6 Å². The second-order valence-corrected chi connectivity index (χ2v) is 8.29. The van der Waals surface area contributed by atoms with Crippen LogP contribution in [0.3, 0.4) is 0 Å². The summed E-state index contributed by atoms with van der Waals surface area (Å²) in [7, 11) is 0. The lowest BCUT2D eigenvalue weighted by atomic mass is 10.0. The molecule has 1 rings (SSSR count). The van der Waals surface area contributed by atoms with E-state index in [9.17, 15) is 0 Å². The van der Waals surface area contributed by atoms with Crippen molar-refractivity contribution < 1.29 is 23.7 Å². The smallest absolute Gasteiger partial charge is 0.115 e. The number of hydrogen-bond acceptors (Lipinski definition) is 5. The van der Waals surface area contributed by atoms with Crippen LogP contribution in [0.1, 0.15) is 92.4 Å². The molecule has 0 aliphatic carbocycles. The standard InChI is InChI=1S/C24H48O5/c1-6-10-14-25-19-22-24(28-17-13-9-4)23(27-16-12-8-3)21(18-20(5)29-22)26-15-11-7-2/h20-24H,6-19H2,1-5H3/t20?,21-,22+,23+,24+/m0/s1. The summed E-state index contributed by atoms with van der Waals surface area (Å²) in [4.78, 5) is 0. The maximum atomic E-state index is 6.41. The molecule has 0 aromatic heterocycles. The number of unbranched alkanes of at least 4 members (excludes halogenated alkanes) is 4. The number of rotatable bonds is 17. The first-order valence-corrected chi connectivity index (χ1v) is 12.3. The third kappa shape index (κ3) is 11.1. The van der Waals surface area contributed by atoms with Crippen LogP contribution >= 0.6 is 0 Å². The van der Waals surface area contributed by atoms with E-state index in [4.69, 9.17) is 23.7 Å². The SMILES string of the molecule is CCCCOC[C@H]1OC(C)C[C@H](OCCCC)[C@@H](OCCCC)[C@@H]1OCCCC. The Morgan fingerprint density at radius 1 is 0.690 bits per heavy atom. The van der Waals surface area contributed by atoms with Gasteiger partial charge in [0.1, 0.15) is 18.3 Å². The third-order valence-electron chi connectivity index (χ3n) is 5.40. The Bertz CT molecular complexity index is 365. The van der Waals surface area contributed by atoms with Gasteiger partial charge in [0.2, 0.25) is 0 Å². The highest BCUT2D eigenvalue weighted by molar-refractivity contribution is 4.91. The lowest BCUT2D eigenvalue weighted by Crippen LogP contribution is -2.49. The molecule has 1 unspecified atom stereocenters. The molecule has 1 saturated heterocycles. The fourth-order valence-corrected chi connectivity index (χ4v) is 3.57. The van der Waals surface area contributed by atoms with Crippen LogP contribution in [0, 0.1) is 0 Å². The van der Waals surface area contributed by atoms with Crippen LogP contribution in [0.2, 0.25) is 0 Å². The van der Waals surface area contributed by atoms with Crippen LogP contribution in [-0.4, -0.2) is 63.6 Å². The van der Waals surface area contributed by atoms with Crippen molar-refractivity contribution in [3.05, 3.63) is 0 Å². The van der Waals surface area contributed by atoms with E-state index in [1.807, 2.05) is 0 Å². The van der Waals surface area contributed by atoms with Gasteiger partial charge in [0.05, 0.1) is 18.8 Å². The van der Waals surface area contributed by atoms with Crippen LogP contribution in [0.15, 0.2) is 0 Å². The predicted molar refractivity (Wildman–Crippen MR) is 119 cm³/mol. The summed E-state index contributed by atoms with van der Waals surface area (Å²) in [6.45, 7) is 14.4. The minimum absolute atomic E-state index is 0.000625. The maximum absolute atomic E-state index is 6.41. The van der Waals surface area contributed by atoms with Crippen molar-refractivity contribution in [2.24, 2.45) is 0 Å². The van der Waals surface area contributed by atoms with Crippen LogP contribution < -0.4 is 0 Å². The molecule has 0 N–H and O–H groups in total.